The fourth-order valence-electron chi connectivity index (χ4n) is 0.883. The van der Waals surface area contributed by atoms with E-state index >= 15 is 0 Å². The zero-order valence-corrected chi connectivity index (χ0v) is 5.60. The zero-order valence-electron chi connectivity index (χ0n) is 5.60. The molecule has 0 atom stereocenters. The Morgan fingerprint density at radius 2 is 2.36 bits per heavy atom. The van der Waals surface area contributed by atoms with Gasteiger partial charge in [-0.25, -0.2) is 9.50 Å². The zero-order chi connectivity index (χ0) is 7.68. The molecule has 11 heavy (non-hydrogen) atoms. The average Bonchev–Trinajstić information content (AvgIpc) is 2.50. The third-order valence-corrected chi connectivity index (χ3v) is 1.40. The quantitative estimate of drug-likeness (QED) is 0.544. The number of hydrogen-bond donors (Lipinski definition) is 0. The van der Waals surface area contributed by atoms with Gasteiger partial charge < -0.3 is 0 Å². The lowest BCUT2D eigenvalue weighted by Gasteiger charge is -1.89. The van der Waals surface area contributed by atoms with Crippen molar-refractivity contribution in [1.82, 2.24) is 14.6 Å². The highest BCUT2D eigenvalue weighted by molar-refractivity contribution is 5.40. The Morgan fingerprint density at radius 1 is 1.45 bits per heavy atom. The van der Waals surface area contributed by atoms with E-state index in [1.807, 2.05) is 6.07 Å². The second-order valence-corrected chi connectivity index (χ2v) is 2.09. The lowest BCUT2D eigenvalue weighted by molar-refractivity contribution is 0.957. The molecule has 2 heterocycles. The molecule has 0 radical (unpaired) electrons. The van der Waals surface area contributed by atoms with Crippen molar-refractivity contribution in [2.45, 2.75) is 0 Å². The molecule has 0 spiro atoms. The second kappa shape index (κ2) is 2.06. The van der Waals surface area contributed by atoms with Crippen molar-refractivity contribution in [1.29, 1.82) is 5.26 Å². The minimum Gasteiger partial charge on any atom is -0.220 e. The number of pyridine rings is 1. The molecule has 4 heteroatoms. The molecule has 2 aromatic rings. The molecule has 0 amide bonds. The van der Waals surface area contributed by atoms with E-state index in [0.29, 0.717) is 5.56 Å². The topological polar surface area (TPSA) is 54.0 Å². The van der Waals surface area contributed by atoms with Crippen molar-refractivity contribution in [3.05, 3.63) is 30.2 Å². The smallest absolute Gasteiger partial charge is 0.155 e. The lowest BCUT2D eigenvalue weighted by atomic mass is 10.3. The number of fused-ring (bicyclic) bond motifs is 1. The summed E-state index contributed by atoms with van der Waals surface area (Å²) in [5.41, 5.74) is 1.34. The summed E-state index contributed by atoms with van der Waals surface area (Å²) in [6.07, 6.45) is 3.10. The van der Waals surface area contributed by atoms with Crippen LogP contribution in [0.25, 0.3) is 5.65 Å². The van der Waals surface area contributed by atoms with Crippen LogP contribution in [-0.4, -0.2) is 14.6 Å². The van der Waals surface area contributed by atoms with Crippen molar-refractivity contribution in [2.24, 2.45) is 0 Å². The molecule has 0 bridgehead atoms. The Balaban J connectivity index is 2.79. The monoisotopic (exact) mass is 144 g/mol. The van der Waals surface area contributed by atoms with E-state index in [2.05, 4.69) is 10.1 Å². The van der Waals surface area contributed by atoms with Gasteiger partial charge in [-0.2, -0.15) is 10.4 Å². The summed E-state index contributed by atoms with van der Waals surface area (Å²) in [6.45, 7) is 0. The fourth-order valence-corrected chi connectivity index (χ4v) is 0.883. The molecule has 2 rings (SSSR count). The number of nitrogens with zero attached hydrogens (tertiary/aromatic N) is 4. The molecule has 0 aromatic carbocycles. The van der Waals surface area contributed by atoms with Gasteiger partial charge in [-0.3, -0.25) is 0 Å². The van der Waals surface area contributed by atoms with E-state index in [4.69, 9.17) is 5.26 Å². The summed E-state index contributed by atoms with van der Waals surface area (Å²) in [7, 11) is 0. The highest BCUT2D eigenvalue weighted by Crippen LogP contribution is 2.00. The summed E-state index contributed by atoms with van der Waals surface area (Å²) >= 11 is 0. The van der Waals surface area contributed by atoms with Crippen LogP contribution in [0, 0.1) is 11.3 Å². The third-order valence-electron chi connectivity index (χ3n) is 1.40. The van der Waals surface area contributed by atoms with Gasteiger partial charge in [0, 0.05) is 6.20 Å². The van der Waals surface area contributed by atoms with Crippen molar-refractivity contribution >= 4 is 5.65 Å². The van der Waals surface area contributed by atoms with Gasteiger partial charge in [0.05, 0.1) is 5.56 Å². The van der Waals surface area contributed by atoms with Gasteiger partial charge in [0.15, 0.2) is 5.65 Å². The summed E-state index contributed by atoms with van der Waals surface area (Å²) in [5, 5.41) is 12.4. The Labute approximate surface area is 62.7 Å². The lowest BCUT2D eigenvalue weighted by Crippen LogP contribution is -1.87. The van der Waals surface area contributed by atoms with Crippen LogP contribution in [0.2, 0.25) is 0 Å². The van der Waals surface area contributed by atoms with Crippen LogP contribution in [0.3, 0.4) is 0 Å². The summed E-state index contributed by atoms with van der Waals surface area (Å²) in [4.78, 5) is 3.94. The van der Waals surface area contributed by atoms with Gasteiger partial charge in [-0.05, 0) is 12.1 Å². The van der Waals surface area contributed by atoms with Crippen molar-refractivity contribution < 1.29 is 0 Å². The first kappa shape index (κ1) is 5.86. The maximum absolute atomic E-state index is 8.52. The Hall–Kier alpha value is -1.89. The SMILES string of the molecule is N#Cc1ccc2ncnn2c1. The normalized spacial score (nSPS) is 9.73. The number of hydrogen-bond acceptors (Lipinski definition) is 3. The van der Waals surface area contributed by atoms with Gasteiger partial charge in [0.2, 0.25) is 0 Å². The Kier molecular flexibility index (Phi) is 1.10. The second-order valence-electron chi connectivity index (χ2n) is 2.09. The first-order valence-corrected chi connectivity index (χ1v) is 3.09. The Bertz CT molecular complexity index is 423. The fraction of sp³-hybridized carbons (Fsp3) is 0. The highest BCUT2D eigenvalue weighted by atomic mass is 15.3. The molecule has 0 N–H and O–H groups in total. The van der Waals surface area contributed by atoms with Crippen LogP contribution in [0.1, 0.15) is 5.56 Å². The van der Waals surface area contributed by atoms with Crippen molar-refractivity contribution in [3.8, 4) is 6.07 Å². The largest absolute Gasteiger partial charge is 0.220 e. The number of aromatic nitrogens is 3. The minimum absolute atomic E-state index is 0.586. The molecule has 4 nitrogen and oxygen atoms in total. The molecule has 0 aliphatic heterocycles. The van der Waals surface area contributed by atoms with E-state index < -0.39 is 0 Å². The van der Waals surface area contributed by atoms with Crippen LogP contribution >= 0.6 is 0 Å². The highest BCUT2D eigenvalue weighted by Gasteiger charge is 1.94. The van der Waals surface area contributed by atoms with Crippen molar-refractivity contribution in [2.75, 3.05) is 0 Å². The molecule has 0 unspecified atom stereocenters. The van der Waals surface area contributed by atoms with Crippen LogP contribution in [-0.2, 0) is 0 Å². The van der Waals surface area contributed by atoms with Crippen molar-refractivity contribution in [3.63, 3.8) is 0 Å². The van der Waals surface area contributed by atoms with Crippen LogP contribution in [0.4, 0.5) is 0 Å². The summed E-state index contributed by atoms with van der Waals surface area (Å²) in [6, 6.07) is 5.49. The maximum Gasteiger partial charge on any atom is 0.155 e. The van der Waals surface area contributed by atoms with Crippen LogP contribution in [0.5, 0.6) is 0 Å². The molecule has 0 aliphatic rings. The molecule has 2 aromatic heterocycles. The molecule has 52 valence electrons. The summed E-state index contributed by atoms with van der Waals surface area (Å²) < 4.78 is 1.57. The first-order chi connectivity index (χ1) is 5.40. The number of rotatable bonds is 0. The molecule has 0 saturated carbocycles. The maximum atomic E-state index is 8.52. The minimum atomic E-state index is 0.586. The molecule has 0 aliphatic carbocycles. The van der Waals surface area contributed by atoms with E-state index in [-0.39, 0.29) is 0 Å². The molecule has 0 saturated heterocycles. The summed E-state index contributed by atoms with van der Waals surface area (Å²) in [5.74, 6) is 0. The first-order valence-electron chi connectivity index (χ1n) is 3.09. The van der Waals surface area contributed by atoms with Crippen LogP contribution in [0.15, 0.2) is 24.7 Å². The van der Waals surface area contributed by atoms with E-state index in [1.54, 1.807) is 22.8 Å². The molecular formula is C7H4N4. The number of nitriles is 1. The van der Waals surface area contributed by atoms with Gasteiger partial charge in [0.25, 0.3) is 0 Å². The average molecular weight is 144 g/mol. The van der Waals surface area contributed by atoms with Gasteiger partial charge in [0.1, 0.15) is 12.4 Å². The van der Waals surface area contributed by atoms with Gasteiger partial charge in [-0.15, -0.1) is 0 Å². The van der Waals surface area contributed by atoms with Gasteiger partial charge in [-0.1, -0.05) is 0 Å². The third kappa shape index (κ3) is 0.829. The standard InChI is InChI=1S/C7H4N4/c8-3-6-1-2-7-9-5-10-11(7)4-6/h1-2,4-5H. The van der Waals surface area contributed by atoms with Crippen LogP contribution < -0.4 is 0 Å². The van der Waals surface area contributed by atoms with Gasteiger partial charge >= 0.3 is 0 Å². The Morgan fingerprint density at radius 3 is 3.18 bits per heavy atom. The predicted octanol–water partition coefficient (Wildman–Crippen LogP) is 0.601. The molecular weight excluding hydrogens is 140 g/mol. The van der Waals surface area contributed by atoms with E-state index in [1.165, 1.54) is 6.33 Å². The van der Waals surface area contributed by atoms with E-state index in [9.17, 15) is 0 Å². The van der Waals surface area contributed by atoms with E-state index in [0.717, 1.165) is 5.65 Å². The molecule has 0 fully saturated rings. The predicted molar refractivity (Wildman–Crippen MR) is 37.7 cm³/mol.